The van der Waals surface area contributed by atoms with E-state index in [1.807, 2.05) is 52.8 Å². The van der Waals surface area contributed by atoms with E-state index in [-0.39, 0.29) is 6.09 Å². The van der Waals surface area contributed by atoms with Crippen LogP contribution in [0.15, 0.2) is 24.4 Å². The zero-order valence-electron chi connectivity index (χ0n) is 15.6. The Morgan fingerprint density at radius 3 is 2.71 bits per heavy atom. The zero-order chi connectivity index (χ0) is 18.2. The maximum atomic E-state index is 12.0. The number of nitrogen functional groups attached to an aromatic ring is 1. The molecule has 0 spiro atoms. The van der Waals surface area contributed by atoms with Gasteiger partial charge in [0, 0.05) is 13.1 Å². The van der Waals surface area contributed by atoms with Crippen molar-refractivity contribution in [2.45, 2.75) is 53.1 Å². The molecule has 134 valence electrons. The fourth-order valence-corrected chi connectivity index (χ4v) is 2.41. The molecule has 1 fully saturated rings. The normalized spacial score (nSPS) is 17.5. The molecule has 2 rings (SSSR count). The van der Waals surface area contributed by atoms with Gasteiger partial charge in [0.2, 0.25) is 0 Å². The SMILES string of the molecule is CC.CC(C)(C)OC(=O)N1CC[C@H](C/C=C/c2ccc(N)cn2)C1. The van der Waals surface area contributed by atoms with Gasteiger partial charge >= 0.3 is 6.09 Å². The number of pyridine rings is 1. The van der Waals surface area contributed by atoms with Crippen molar-refractivity contribution in [3.8, 4) is 0 Å². The maximum absolute atomic E-state index is 12.0. The van der Waals surface area contributed by atoms with Crippen molar-refractivity contribution >= 4 is 17.9 Å². The summed E-state index contributed by atoms with van der Waals surface area (Å²) in [6, 6.07) is 3.74. The Bertz CT molecular complexity index is 533. The summed E-state index contributed by atoms with van der Waals surface area (Å²) in [5.41, 5.74) is 6.74. The molecule has 1 aromatic heterocycles. The number of hydrogen-bond donors (Lipinski definition) is 1. The number of likely N-dealkylation sites (tertiary alicyclic amines) is 1. The number of amides is 1. The zero-order valence-corrected chi connectivity index (χ0v) is 15.6. The Labute approximate surface area is 145 Å². The maximum Gasteiger partial charge on any atom is 0.410 e. The van der Waals surface area contributed by atoms with Crippen LogP contribution >= 0.6 is 0 Å². The van der Waals surface area contributed by atoms with Crippen molar-refractivity contribution in [2.75, 3.05) is 18.8 Å². The molecule has 0 aliphatic carbocycles. The minimum absolute atomic E-state index is 0.209. The molecule has 1 amide bonds. The number of carbonyl (C=O) groups is 1. The molecule has 1 aliphatic rings. The summed E-state index contributed by atoms with van der Waals surface area (Å²) in [4.78, 5) is 18.0. The second-order valence-electron chi connectivity index (χ2n) is 6.74. The summed E-state index contributed by atoms with van der Waals surface area (Å²) in [5.74, 6) is 0.484. The van der Waals surface area contributed by atoms with Gasteiger partial charge in [0.25, 0.3) is 0 Å². The molecule has 0 saturated carbocycles. The molecule has 1 saturated heterocycles. The Kier molecular flexibility index (Phi) is 7.75. The molecule has 2 heterocycles. The first-order valence-corrected chi connectivity index (χ1v) is 8.69. The topological polar surface area (TPSA) is 68.5 Å². The van der Waals surface area contributed by atoms with Gasteiger partial charge in [-0.1, -0.05) is 19.9 Å². The van der Waals surface area contributed by atoms with Gasteiger partial charge in [-0.15, -0.1) is 0 Å². The Hall–Kier alpha value is -2.04. The highest BCUT2D eigenvalue weighted by atomic mass is 16.6. The highest BCUT2D eigenvalue weighted by Gasteiger charge is 2.28. The molecule has 1 atom stereocenters. The Morgan fingerprint density at radius 2 is 2.12 bits per heavy atom. The highest BCUT2D eigenvalue weighted by molar-refractivity contribution is 5.68. The summed E-state index contributed by atoms with van der Waals surface area (Å²) in [5, 5.41) is 0. The number of allylic oxidation sites excluding steroid dienone is 1. The van der Waals surface area contributed by atoms with Crippen molar-refractivity contribution in [3.05, 3.63) is 30.1 Å². The summed E-state index contributed by atoms with van der Waals surface area (Å²) in [6.45, 7) is 11.2. The van der Waals surface area contributed by atoms with Crippen molar-refractivity contribution < 1.29 is 9.53 Å². The molecule has 5 heteroatoms. The van der Waals surface area contributed by atoms with Gasteiger partial charge in [-0.05, 0) is 57.7 Å². The van der Waals surface area contributed by atoms with Crippen LogP contribution in [0, 0.1) is 5.92 Å². The monoisotopic (exact) mass is 333 g/mol. The first-order chi connectivity index (χ1) is 11.3. The smallest absolute Gasteiger partial charge is 0.410 e. The van der Waals surface area contributed by atoms with Crippen LogP contribution in [0.3, 0.4) is 0 Å². The Morgan fingerprint density at radius 1 is 1.42 bits per heavy atom. The van der Waals surface area contributed by atoms with E-state index < -0.39 is 5.60 Å². The third-order valence-electron chi connectivity index (χ3n) is 3.50. The van der Waals surface area contributed by atoms with Crippen molar-refractivity contribution in [1.82, 2.24) is 9.88 Å². The minimum atomic E-state index is -0.435. The van der Waals surface area contributed by atoms with Gasteiger partial charge < -0.3 is 15.4 Å². The minimum Gasteiger partial charge on any atom is -0.444 e. The van der Waals surface area contributed by atoms with Crippen LogP contribution < -0.4 is 5.73 Å². The van der Waals surface area contributed by atoms with Crippen LogP contribution in [0.1, 0.15) is 53.2 Å². The largest absolute Gasteiger partial charge is 0.444 e. The Balaban J connectivity index is 0.00000139. The standard InChI is InChI=1S/C17H25N3O2.C2H6/c1-17(2,3)22-16(21)20-10-9-13(12-20)5-4-6-15-8-7-14(18)11-19-15;1-2/h4,6-8,11,13H,5,9-10,12,18H2,1-3H3;1-2H3/b6-4+;/t13-;/m0./s1. The fourth-order valence-electron chi connectivity index (χ4n) is 2.41. The number of hydrogen-bond acceptors (Lipinski definition) is 4. The summed E-state index contributed by atoms with van der Waals surface area (Å²) >= 11 is 0. The lowest BCUT2D eigenvalue weighted by molar-refractivity contribution is 0.0288. The number of carbonyl (C=O) groups excluding carboxylic acids is 1. The fraction of sp³-hybridized carbons (Fsp3) is 0.579. The van der Waals surface area contributed by atoms with E-state index in [9.17, 15) is 4.79 Å². The van der Waals surface area contributed by atoms with E-state index >= 15 is 0 Å². The summed E-state index contributed by atoms with van der Waals surface area (Å²) in [6.07, 6.45) is 7.50. The average molecular weight is 333 g/mol. The van der Waals surface area contributed by atoms with E-state index in [0.717, 1.165) is 31.6 Å². The van der Waals surface area contributed by atoms with E-state index in [1.54, 1.807) is 11.1 Å². The van der Waals surface area contributed by atoms with Crippen molar-refractivity contribution in [1.29, 1.82) is 0 Å². The van der Waals surface area contributed by atoms with Gasteiger partial charge in [0.15, 0.2) is 0 Å². The molecule has 0 unspecified atom stereocenters. The molecule has 1 aliphatic heterocycles. The van der Waals surface area contributed by atoms with Gasteiger partial charge in [-0.3, -0.25) is 4.98 Å². The molecule has 24 heavy (non-hydrogen) atoms. The van der Waals surface area contributed by atoms with Crippen molar-refractivity contribution in [3.63, 3.8) is 0 Å². The molecular weight excluding hydrogens is 302 g/mol. The average Bonchev–Trinajstić information content (AvgIpc) is 2.99. The molecular formula is C19H31N3O2. The predicted octanol–water partition coefficient (Wildman–Crippen LogP) is 4.35. The summed E-state index contributed by atoms with van der Waals surface area (Å²) in [7, 11) is 0. The van der Waals surface area contributed by atoms with Crippen molar-refractivity contribution in [2.24, 2.45) is 5.92 Å². The van der Waals surface area contributed by atoms with Crippen LogP contribution in [-0.4, -0.2) is 34.7 Å². The number of nitrogens with two attached hydrogens (primary N) is 1. The number of aromatic nitrogens is 1. The predicted molar refractivity (Wildman–Crippen MR) is 99.6 cm³/mol. The quantitative estimate of drug-likeness (QED) is 0.893. The number of nitrogens with zero attached hydrogens (tertiary/aromatic N) is 2. The van der Waals surface area contributed by atoms with Gasteiger partial charge in [0.05, 0.1) is 17.6 Å². The van der Waals surface area contributed by atoms with Crippen LogP contribution in [0.25, 0.3) is 6.08 Å². The number of anilines is 1. The number of ether oxygens (including phenoxy) is 1. The van der Waals surface area contributed by atoms with Crippen LogP contribution in [0.4, 0.5) is 10.5 Å². The second-order valence-corrected chi connectivity index (χ2v) is 6.74. The molecule has 0 aromatic carbocycles. The van der Waals surface area contributed by atoms with Gasteiger partial charge in [-0.25, -0.2) is 4.79 Å². The van der Waals surface area contributed by atoms with Gasteiger partial charge in [-0.2, -0.15) is 0 Å². The van der Waals surface area contributed by atoms with Crippen LogP contribution in [0.5, 0.6) is 0 Å². The highest BCUT2D eigenvalue weighted by Crippen LogP contribution is 2.22. The third-order valence-corrected chi connectivity index (χ3v) is 3.50. The lowest BCUT2D eigenvalue weighted by Gasteiger charge is -2.24. The van der Waals surface area contributed by atoms with E-state index in [0.29, 0.717) is 11.6 Å². The second kappa shape index (κ2) is 9.30. The van der Waals surface area contributed by atoms with E-state index in [2.05, 4.69) is 11.1 Å². The lowest BCUT2D eigenvalue weighted by atomic mass is 10.0. The lowest BCUT2D eigenvalue weighted by Crippen LogP contribution is -2.35. The first kappa shape index (κ1) is 20.0. The summed E-state index contributed by atoms with van der Waals surface area (Å²) < 4.78 is 5.40. The van der Waals surface area contributed by atoms with Gasteiger partial charge in [0.1, 0.15) is 5.60 Å². The molecule has 5 nitrogen and oxygen atoms in total. The number of rotatable bonds is 3. The molecule has 2 N–H and O–H groups in total. The van der Waals surface area contributed by atoms with E-state index in [1.165, 1.54) is 0 Å². The molecule has 0 bridgehead atoms. The van der Waals surface area contributed by atoms with Crippen LogP contribution in [0.2, 0.25) is 0 Å². The third kappa shape index (κ3) is 7.02. The van der Waals surface area contributed by atoms with E-state index in [4.69, 9.17) is 10.5 Å². The first-order valence-electron chi connectivity index (χ1n) is 8.69. The molecule has 0 radical (unpaired) electrons. The van der Waals surface area contributed by atoms with Crippen LogP contribution in [-0.2, 0) is 4.74 Å². The molecule has 1 aromatic rings.